The van der Waals surface area contributed by atoms with E-state index in [-0.39, 0.29) is 23.3 Å². The maximum Gasteiger partial charge on any atom is 0.342 e. The monoisotopic (exact) mass is 381 g/mol. The number of amides is 1. The molecule has 0 aliphatic heterocycles. The van der Waals surface area contributed by atoms with Crippen LogP contribution < -0.4 is 10.9 Å². The molecule has 1 amide bonds. The highest BCUT2D eigenvalue weighted by Gasteiger charge is 2.19. The van der Waals surface area contributed by atoms with Gasteiger partial charge in [-0.25, -0.2) is 9.78 Å². The van der Waals surface area contributed by atoms with Crippen molar-refractivity contribution in [2.45, 2.75) is 34.1 Å². The number of benzene rings is 1. The number of carbonyl (C=O) groups excluding carboxylic acids is 1. The van der Waals surface area contributed by atoms with Crippen molar-refractivity contribution in [1.29, 1.82) is 0 Å². The second-order valence-corrected chi connectivity index (χ2v) is 7.21. The van der Waals surface area contributed by atoms with Crippen LogP contribution in [-0.2, 0) is 4.79 Å². The summed E-state index contributed by atoms with van der Waals surface area (Å²) in [5.41, 5.74) is 0.739. The highest BCUT2D eigenvalue weighted by molar-refractivity contribution is 6.01. The summed E-state index contributed by atoms with van der Waals surface area (Å²) in [6.07, 6.45) is 3.57. The van der Waals surface area contributed by atoms with Gasteiger partial charge in [-0.3, -0.25) is 14.0 Å². The van der Waals surface area contributed by atoms with Crippen LogP contribution in [0.1, 0.15) is 43.1 Å². The van der Waals surface area contributed by atoms with E-state index in [1.807, 2.05) is 39.8 Å². The molecule has 7 heteroatoms. The lowest BCUT2D eigenvalue weighted by atomic mass is 9.93. The number of nitrogens with zero attached hydrogens (tertiary/aromatic N) is 2. The Bertz CT molecular complexity index is 1150. The Labute approximate surface area is 162 Å². The van der Waals surface area contributed by atoms with Crippen LogP contribution in [0.4, 0.5) is 5.69 Å². The number of anilines is 1. The van der Waals surface area contributed by atoms with Gasteiger partial charge in [0, 0.05) is 29.4 Å². The second-order valence-electron chi connectivity index (χ2n) is 7.21. The molecule has 0 spiro atoms. The summed E-state index contributed by atoms with van der Waals surface area (Å²) in [6, 6.07) is 5.45. The molecule has 2 heterocycles. The van der Waals surface area contributed by atoms with Gasteiger partial charge in [0.1, 0.15) is 11.2 Å². The van der Waals surface area contributed by atoms with E-state index in [1.165, 1.54) is 4.40 Å². The van der Waals surface area contributed by atoms with Crippen molar-refractivity contribution < 1.29 is 14.7 Å². The van der Waals surface area contributed by atoms with Crippen LogP contribution >= 0.6 is 0 Å². The number of fused-ring (bicyclic) bond motifs is 3. The molecular weight excluding hydrogens is 358 g/mol. The molecule has 0 aliphatic rings. The van der Waals surface area contributed by atoms with Crippen molar-refractivity contribution in [2.75, 3.05) is 5.32 Å². The molecule has 146 valence electrons. The zero-order chi connectivity index (χ0) is 20.6. The third-order valence-corrected chi connectivity index (χ3v) is 5.41. The van der Waals surface area contributed by atoms with Gasteiger partial charge in [-0.1, -0.05) is 33.3 Å². The third kappa shape index (κ3) is 3.35. The topological polar surface area (TPSA) is 101 Å². The van der Waals surface area contributed by atoms with Gasteiger partial charge in [0.25, 0.3) is 5.56 Å². The minimum absolute atomic E-state index is 0.0658. The third-order valence-electron chi connectivity index (χ3n) is 5.41. The van der Waals surface area contributed by atoms with E-state index in [9.17, 15) is 14.4 Å². The fourth-order valence-corrected chi connectivity index (χ4v) is 3.22. The molecule has 0 saturated carbocycles. The highest BCUT2D eigenvalue weighted by Crippen LogP contribution is 2.26. The predicted molar refractivity (Wildman–Crippen MR) is 108 cm³/mol. The molecule has 28 heavy (non-hydrogen) atoms. The fraction of sp³-hybridized carbons (Fsp3) is 0.333. The lowest BCUT2D eigenvalue weighted by molar-refractivity contribution is -0.120. The van der Waals surface area contributed by atoms with Gasteiger partial charge in [-0.05, 0) is 35.9 Å². The van der Waals surface area contributed by atoms with Crippen LogP contribution in [0.15, 0.2) is 35.4 Å². The number of aryl methyl sites for hydroxylation is 1. The lowest BCUT2D eigenvalue weighted by Crippen LogP contribution is -2.25. The van der Waals surface area contributed by atoms with Crippen LogP contribution in [0.3, 0.4) is 0 Å². The molecule has 7 nitrogen and oxygen atoms in total. The summed E-state index contributed by atoms with van der Waals surface area (Å²) in [6.45, 7) is 7.83. The Balaban J connectivity index is 2.13. The van der Waals surface area contributed by atoms with Crippen LogP contribution in [0, 0.1) is 18.8 Å². The molecule has 2 N–H and O–H groups in total. The van der Waals surface area contributed by atoms with Gasteiger partial charge in [0.15, 0.2) is 0 Å². The molecule has 2 aromatic heterocycles. The standard InChI is InChI=1S/C21H23N3O4/c1-5-11(2)13(4)19(25)23-14-6-7-15-12(3)10-24-18(16(15)8-14)22-9-17(20(24)26)21(27)28/h6-11,13H,5H2,1-4H3,(H,23,25)(H,27,28). The zero-order valence-electron chi connectivity index (χ0n) is 16.3. The number of carboxylic acids is 1. The summed E-state index contributed by atoms with van der Waals surface area (Å²) in [7, 11) is 0. The van der Waals surface area contributed by atoms with E-state index in [0.29, 0.717) is 16.7 Å². The Hall–Kier alpha value is -3.22. The maximum atomic E-state index is 12.5. The molecule has 0 radical (unpaired) electrons. The molecule has 3 rings (SSSR count). The van der Waals surface area contributed by atoms with Crippen molar-refractivity contribution in [3.05, 3.63) is 52.1 Å². The Morgan fingerprint density at radius 2 is 1.96 bits per heavy atom. The Kier molecular flexibility index (Phi) is 5.18. The minimum Gasteiger partial charge on any atom is -0.477 e. The van der Waals surface area contributed by atoms with E-state index in [2.05, 4.69) is 10.3 Å². The SMILES string of the molecule is CCC(C)C(C)C(=O)Nc1ccc2c(C)cn3c(=O)c(C(=O)O)cnc3c2c1. The first kappa shape index (κ1) is 19.5. The quantitative estimate of drug-likeness (QED) is 0.659. The molecule has 2 unspecified atom stereocenters. The summed E-state index contributed by atoms with van der Waals surface area (Å²) in [4.78, 5) is 40.4. The number of rotatable bonds is 5. The van der Waals surface area contributed by atoms with E-state index in [0.717, 1.165) is 23.6 Å². The number of aromatic nitrogens is 2. The van der Waals surface area contributed by atoms with Gasteiger partial charge in [0.2, 0.25) is 5.91 Å². The number of pyridine rings is 1. The van der Waals surface area contributed by atoms with Crippen molar-refractivity contribution in [3.63, 3.8) is 0 Å². The van der Waals surface area contributed by atoms with Gasteiger partial charge in [-0.15, -0.1) is 0 Å². The number of nitrogens with one attached hydrogen (secondary N) is 1. The van der Waals surface area contributed by atoms with Crippen LogP contribution in [0.2, 0.25) is 0 Å². The number of carboxylic acid groups (broad SMARTS) is 1. The zero-order valence-corrected chi connectivity index (χ0v) is 16.3. The average Bonchev–Trinajstić information content (AvgIpc) is 2.67. The summed E-state index contributed by atoms with van der Waals surface area (Å²) < 4.78 is 1.24. The summed E-state index contributed by atoms with van der Waals surface area (Å²) in [5.74, 6) is -1.25. The minimum atomic E-state index is -1.32. The maximum absolute atomic E-state index is 12.5. The smallest absolute Gasteiger partial charge is 0.342 e. The number of aromatic carboxylic acids is 1. The van der Waals surface area contributed by atoms with E-state index in [1.54, 1.807) is 12.3 Å². The molecule has 1 aromatic carbocycles. The normalized spacial score (nSPS) is 13.4. The number of hydrogen-bond acceptors (Lipinski definition) is 4. The molecule has 0 aliphatic carbocycles. The number of hydrogen-bond donors (Lipinski definition) is 2. The average molecular weight is 381 g/mol. The fourth-order valence-electron chi connectivity index (χ4n) is 3.22. The Morgan fingerprint density at radius 1 is 1.25 bits per heavy atom. The van der Waals surface area contributed by atoms with Crippen molar-refractivity contribution >= 4 is 34.0 Å². The largest absolute Gasteiger partial charge is 0.477 e. The van der Waals surface area contributed by atoms with Crippen molar-refractivity contribution in [2.24, 2.45) is 11.8 Å². The van der Waals surface area contributed by atoms with Crippen LogP contribution in [0.25, 0.3) is 16.4 Å². The molecular formula is C21H23N3O4. The van der Waals surface area contributed by atoms with Gasteiger partial charge < -0.3 is 10.4 Å². The lowest BCUT2D eigenvalue weighted by Gasteiger charge is -2.18. The molecule has 0 fully saturated rings. The molecule has 3 aromatic rings. The highest BCUT2D eigenvalue weighted by atomic mass is 16.4. The molecule has 0 bridgehead atoms. The van der Waals surface area contributed by atoms with Gasteiger partial charge in [-0.2, -0.15) is 0 Å². The summed E-state index contributed by atoms with van der Waals surface area (Å²) in [5, 5.41) is 13.6. The first-order valence-electron chi connectivity index (χ1n) is 9.23. The Morgan fingerprint density at radius 3 is 2.61 bits per heavy atom. The van der Waals surface area contributed by atoms with Gasteiger partial charge in [0.05, 0.1) is 0 Å². The first-order valence-corrected chi connectivity index (χ1v) is 9.23. The van der Waals surface area contributed by atoms with Crippen LogP contribution in [-0.4, -0.2) is 26.4 Å². The number of carbonyl (C=O) groups is 2. The second kappa shape index (κ2) is 7.42. The van der Waals surface area contributed by atoms with E-state index in [4.69, 9.17) is 5.11 Å². The molecule has 2 atom stereocenters. The van der Waals surface area contributed by atoms with E-state index >= 15 is 0 Å². The van der Waals surface area contributed by atoms with Crippen molar-refractivity contribution in [1.82, 2.24) is 9.38 Å². The molecule has 0 saturated heterocycles. The van der Waals surface area contributed by atoms with E-state index < -0.39 is 11.5 Å². The summed E-state index contributed by atoms with van der Waals surface area (Å²) >= 11 is 0. The first-order chi connectivity index (χ1) is 13.2. The van der Waals surface area contributed by atoms with Gasteiger partial charge >= 0.3 is 5.97 Å². The predicted octanol–water partition coefficient (Wildman–Crippen LogP) is 3.48. The van der Waals surface area contributed by atoms with Crippen molar-refractivity contribution in [3.8, 4) is 0 Å². The van der Waals surface area contributed by atoms with Crippen LogP contribution in [0.5, 0.6) is 0 Å².